The number of hydrogen-bond donors (Lipinski definition) is 1. The third-order valence-corrected chi connectivity index (χ3v) is 4.12. The largest absolute Gasteiger partial charge is 0.324 e. The van der Waals surface area contributed by atoms with Crippen LogP contribution in [0.1, 0.15) is 43.7 Å². The molecule has 1 unspecified atom stereocenters. The SMILES string of the molecule is NC(CC1CCCC1)c1ccc2ncccc2c1. The lowest BCUT2D eigenvalue weighted by molar-refractivity contribution is 0.451. The van der Waals surface area contributed by atoms with Crippen molar-refractivity contribution >= 4 is 10.9 Å². The minimum atomic E-state index is 0.178. The molecule has 0 spiro atoms. The van der Waals surface area contributed by atoms with E-state index in [2.05, 4.69) is 29.2 Å². The maximum atomic E-state index is 6.35. The Bertz CT molecular complexity index is 529. The van der Waals surface area contributed by atoms with Crippen LogP contribution in [-0.4, -0.2) is 4.98 Å². The van der Waals surface area contributed by atoms with E-state index in [1.807, 2.05) is 12.3 Å². The highest BCUT2D eigenvalue weighted by atomic mass is 14.7. The lowest BCUT2D eigenvalue weighted by Crippen LogP contribution is -2.14. The van der Waals surface area contributed by atoms with E-state index >= 15 is 0 Å². The van der Waals surface area contributed by atoms with Gasteiger partial charge in [0.25, 0.3) is 0 Å². The van der Waals surface area contributed by atoms with Crippen LogP contribution in [0, 0.1) is 5.92 Å². The van der Waals surface area contributed by atoms with E-state index in [4.69, 9.17) is 5.73 Å². The van der Waals surface area contributed by atoms with E-state index in [0.717, 1.165) is 17.9 Å². The van der Waals surface area contributed by atoms with E-state index in [0.29, 0.717) is 0 Å². The lowest BCUT2D eigenvalue weighted by Gasteiger charge is -2.17. The van der Waals surface area contributed by atoms with Crippen molar-refractivity contribution in [1.82, 2.24) is 4.98 Å². The zero-order valence-corrected chi connectivity index (χ0v) is 10.7. The summed E-state index contributed by atoms with van der Waals surface area (Å²) in [5, 5.41) is 1.19. The molecule has 2 aromatic rings. The highest BCUT2D eigenvalue weighted by molar-refractivity contribution is 5.79. The van der Waals surface area contributed by atoms with Gasteiger partial charge in [0.2, 0.25) is 0 Å². The Morgan fingerprint density at radius 2 is 2.06 bits per heavy atom. The summed E-state index contributed by atoms with van der Waals surface area (Å²) in [6, 6.07) is 10.7. The van der Waals surface area contributed by atoms with Gasteiger partial charge in [0.15, 0.2) is 0 Å². The van der Waals surface area contributed by atoms with Crippen molar-refractivity contribution in [2.45, 2.75) is 38.1 Å². The molecule has 1 aromatic heterocycles. The number of hydrogen-bond acceptors (Lipinski definition) is 2. The Morgan fingerprint density at radius 3 is 2.89 bits per heavy atom. The minimum Gasteiger partial charge on any atom is -0.324 e. The van der Waals surface area contributed by atoms with Crippen molar-refractivity contribution in [2.24, 2.45) is 11.7 Å². The molecule has 1 atom stereocenters. The van der Waals surface area contributed by atoms with E-state index < -0.39 is 0 Å². The molecular formula is C16H20N2. The zero-order valence-electron chi connectivity index (χ0n) is 10.7. The van der Waals surface area contributed by atoms with Crippen LogP contribution in [0.15, 0.2) is 36.5 Å². The molecule has 0 aliphatic heterocycles. The van der Waals surface area contributed by atoms with Crippen LogP contribution >= 0.6 is 0 Å². The standard InChI is InChI=1S/C16H20N2/c17-15(10-12-4-1-2-5-12)13-7-8-16-14(11-13)6-3-9-18-16/h3,6-9,11-12,15H,1-2,4-5,10,17H2. The number of pyridine rings is 1. The Labute approximate surface area is 108 Å². The molecule has 0 amide bonds. The van der Waals surface area contributed by atoms with Crippen molar-refractivity contribution < 1.29 is 0 Å². The number of benzene rings is 1. The normalized spacial score (nSPS) is 18.3. The molecule has 94 valence electrons. The van der Waals surface area contributed by atoms with Gasteiger partial charge in [0.05, 0.1) is 5.52 Å². The Kier molecular flexibility index (Phi) is 3.28. The van der Waals surface area contributed by atoms with Crippen LogP contribution in [0.25, 0.3) is 10.9 Å². The Hall–Kier alpha value is -1.41. The van der Waals surface area contributed by atoms with E-state index in [1.165, 1.54) is 36.6 Å². The summed E-state index contributed by atoms with van der Waals surface area (Å²) in [5.74, 6) is 0.838. The molecular weight excluding hydrogens is 220 g/mol. The van der Waals surface area contributed by atoms with Gasteiger partial charge in [-0.25, -0.2) is 0 Å². The van der Waals surface area contributed by atoms with Gasteiger partial charge in [0.1, 0.15) is 0 Å². The molecule has 1 aromatic carbocycles. The van der Waals surface area contributed by atoms with Gasteiger partial charge in [-0.2, -0.15) is 0 Å². The summed E-state index contributed by atoms with van der Waals surface area (Å²) in [6.07, 6.45) is 8.47. The van der Waals surface area contributed by atoms with E-state index in [9.17, 15) is 0 Å². The van der Waals surface area contributed by atoms with Crippen LogP contribution in [0.4, 0.5) is 0 Å². The maximum absolute atomic E-state index is 6.35. The molecule has 2 heteroatoms. The average Bonchev–Trinajstić information content (AvgIpc) is 2.91. The molecule has 2 N–H and O–H groups in total. The van der Waals surface area contributed by atoms with E-state index in [-0.39, 0.29) is 6.04 Å². The second-order valence-electron chi connectivity index (χ2n) is 5.45. The van der Waals surface area contributed by atoms with Gasteiger partial charge < -0.3 is 5.73 Å². The predicted octanol–water partition coefficient (Wildman–Crippen LogP) is 3.81. The van der Waals surface area contributed by atoms with Crippen molar-refractivity contribution in [2.75, 3.05) is 0 Å². The topological polar surface area (TPSA) is 38.9 Å². The first-order valence-electron chi connectivity index (χ1n) is 6.93. The second-order valence-corrected chi connectivity index (χ2v) is 5.45. The third kappa shape index (κ3) is 2.39. The van der Waals surface area contributed by atoms with Crippen LogP contribution < -0.4 is 5.73 Å². The van der Waals surface area contributed by atoms with Gasteiger partial charge in [0, 0.05) is 17.6 Å². The number of rotatable bonds is 3. The Morgan fingerprint density at radius 1 is 1.22 bits per heavy atom. The van der Waals surface area contributed by atoms with Crippen LogP contribution in [0.2, 0.25) is 0 Å². The number of nitrogens with zero attached hydrogens (tertiary/aromatic N) is 1. The number of nitrogens with two attached hydrogens (primary N) is 1. The third-order valence-electron chi connectivity index (χ3n) is 4.12. The number of aromatic nitrogens is 1. The summed E-state index contributed by atoms with van der Waals surface area (Å²) in [5.41, 5.74) is 8.65. The highest BCUT2D eigenvalue weighted by Gasteiger charge is 2.19. The summed E-state index contributed by atoms with van der Waals surface area (Å²) in [7, 11) is 0. The molecule has 2 nitrogen and oxygen atoms in total. The molecule has 1 heterocycles. The maximum Gasteiger partial charge on any atom is 0.0702 e. The minimum absolute atomic E-state index is 0.178. The molecule has 1 saturated carbocycles. The monoisotopic (exact) mass is 240 g/mol. The predicted molar refractivity (Wildman–Crippen MR) is 75.2 cm³/mol. The highest BCUT2D eigenvalue weighted by Crippen LogP contribution is 2.32. The fourth-order valence-corrected chi connectivity index (χ4v) is 3.07. The molecule has 0 radical (unpaired) electrons. The Balaban J connectivity index is 1.80. The van der Waals surface area contributed by atoms with E-state index in [1.54, 1.807) is 0 Å². The molecule has 1 aliphatic carbocycles. The number of fused-ring (bicyclic) bond motifs is 1. The fourth-order valence-electron chi connectivity index (χ4n) is 3.07. The average molecular weight is 240 g/mol. The van der Waals surface area contributed by atoms with Crippen LogP contribution in [-0.2, 0) is 0 Å². The van der Waals surface area contributed by atoms with Crippen molar-refractivity contribution in [3.63, 3.8) is 0 Å². The molecule has 3 rings (SSSR count). The molecule has 0 saturated heterocycles. The second kappa shape index (κ2) is 5.07. The first-order valence-corrected chi connectivity index (χ1v) is 6.93. The zero-order chi connectivity index (χ0) is 12.4. The smallest absolute Gasteiger partial charge is 0.0702 e. The molecule has 1 fully saturated rings. The molecule has 18 heavy (non-hydrogen) atoms. The van der Waals surface area contributed by atoms with Crippen LogP contribution in [0.5, 0.6) is 0 Å². The molecule has 1 aliphatic rings. The van der Waals surface area contributed by atoms with Crippen LogP contribution in [0.3, 0.4) is 0 Å². The summed E-state index contributed by atoms with van der Waals surface area (Å²) < 4.78 is 0. The van der Waals surface area contributed by atoms with Crippen molar-refractivity contribution in [1.29, 1.82) is 0 Å². The lowest BCUT2D eigenvalue weighted by atomic mass is 9.93. The van der Waals surface area contributed by atoms with Crippen molar-refractivity contribution in [3.05, 3.63) is 42.1 Å². The first-order chi connectivity index (χ1) is 8.83. The summed E-state index contributed by atoms with van der Waals surface area (Å²) in [6.45, 7) is 0. The fraction of sp³-hybridized carbons (Fsp3) is 0.438. The van der Waals surface area contributed by atoms with Gasteiger partial charge in [-0.15, -0.1) is 0 Å². The summed E-state index contributed by atoms with van der Waals surface area (Å²) in [4.78, 5) is 4.34. The first kappa shape index (κ1) is 11.7. The van der Waals surface area contributed by atoms with Gasteiger partial charge in [-0.3, -0.25) is 4.98 Å². The molecule has 0 bridgehead atoms. The van der Waals surface area contributed by atoms with Crippen molar-refractivity contribution in [3.8, 4) is 0 Å². The van der Waals surface area contributed by atoms with Gasteiger partial charge in [-0.1, -0.05) is 37.8 Å². The quantitative estimate of drug-likeness (QED) is 0.886. The van der Waals surface area contributed by atoms with Gasteiger partial charge >= 0.3 is 0 Å². The summed E-state index contributed by atoms with van der Waals surface area (Å²) >= 11 is 0. The van der Waals surface area contributed by atoms with Gasteiger partial charge in [-0.05, 0) is 36.1 Å².